The molecule has 0 N–H and O–H groups in total. The largest absolute Gasteiger partial charge is 0.461 e. The summed E-state index contributed by atoms with van der Waals surface area (Å²) in [6.45, 7) is 2.32. The van der Waals surface area contributed by atoms with Crippen LogP contribution in [0.4, 0.5) is 18.9 Å². The van der Waals surface area contributed by atoms with Crippen molar-refractivity contribution in [3.63, 3.8) is 0 Å². The number of carbonyl (C=O) groups is 1. The van der Waals surface area contributed by atoms with Gasteiger partial charge in [0.2, 0.25) is 11.7 Å². The number of amides is 1. The summed E-state index contributed by atoms with van der Waals surface area (Å²) in [4.78, 5) is 21.3. The Morgan fingerprint density at radius 1 is 0.952 bits per heavy atom. The SMILES string of the molecule is O=C(c1coc(CSc2nnc(-c3ccco3)n2-c2cccc(C(F)(F)F)c2)n1)N1CCN(c2cccc(Cl)c2)CC1. The third kappa shape index (κ3) is 5.88. The van der Waals surface area contributed by atoms with E-state index in [4.69, 9.17) is 20.4 Å². The Labute approximate surface area is 246 Å². The molecule has 3 aromatic heterocycles. The number of hydrogen-bond acceptors (Lipinski definition) is 8. The van der Waals surface area contributed by atoms with E-state index in [2.05, 4.69) is 20.1 Å². The zero-order chi connectivity index (χ0) is 29.3. The second-order valence-corrected chi connectivity index (χ2v) is 10.7. The van der Waals surface area contributed by atoms with Gasteiger partial charge in [-0.25, -0.2) is 4.98 Å². The predicted molar refractivity (Wildman–Crippen MR) is 150 cm³/mol. The van der Waals surface area contributed by atoms with E-state index in [1.165, 1.54) is 29.2 Å². The standard InChI is InChI=1S/C28H22ClF3N6O3S/c29-19-5-2-6-20(15-19)36-9-11-37(12-10-36)26(39)22-16-41-24(33-22)17-42-27-35-34-25(23-8-3-13-40-23)38(27)21-7-1-4-18(14-21)28(30,31)32/h1-8,13-16H,9-12,17H2. The summed E-state index contributed by atoms with van der Waals surface area (Å²) in [5.41, 5.74) is 0.587. The van der Waals surface area contributed by atoms with Crippen LogP contribution in [0.5, 0.6) is 0 Å². The molecular weight excluding hydrogens is 593 g/mol. The number of halogens is 4. The number of oxazole rings is 1. The molecule has 4 heterocycles. The van der Waals surface area contributed by atoms with Crippen LogP contribution in [0.1, 0.15) is 21.9 Å². The van der Waals surface area contributed by atoms with E-state index in [-0.39, 0.29) is 34.8 Å². The quantitative estimate of drug-likeness (QED) is 0.193. The molecule has 0 unspecified atom stereocenters. The molecule has 42 heavy (non-hydrogen) atoms. The smallest absolute Gasteiger partial charge is 0.416 e. The first-order valence-electron chi connectivity index (χ1n) is 12.8. The number of nitrogens with zero attached hydrogens (tertiary/aromatic N) is 6. The number of thioether (sulfide) groups is 1. The third-order valence-corrected chi connectivity index (χ3v) is 7.79. The van der Waals surface area contributed by atoms with Crippen molar-refractivity contribution in [3.05, 3.63) is 95.4 Å². The van der Waals surface area contributed by atoms with E-state index >= 15 is 0 Å². The van der Waals surface area contributed by atoms with Crippen molar-refractivity contribution in [2.24, 2.45) is 0 Å². The molecule has 1 aliphatic rings. The van der Waals surface area contributed by atoms with Crippen molar-refractivity contribution in [2.75, 3.05) is 31.1 Å². The van der Waals surface area contributed by atoms with Gasteiger partial charge in [-0.2, -0.15) is 13.2 Å². The van der Waals surface area contributed by atoms with E-state index < -0.39 is 11.7 Å². The van der Waals surface area contributed by atoms with Gasteiger partial charge in [0.15, 0.2) is 16.6 Å². The summed E-state index contributed by atoms with van der Waals surface area (Å²) in [7, 11) is 0. The van der Waals surface area contributed by atoms with E-state index in [1.54, 1.807) is 17.0 Å². The molecule has 1 saturated heterocycles. The van der Waals surface area contributed by atoms with Gasteiger partial charge in [0.25, 0.3) is 5.91 Å². The Kier molecular flexibility index (Phi) is 7.69. The zero-order valence-corrected chi connectivity index (χ0v) is 23.4. The van der Waals surface area contributed by atoms with Gasteiger partial charge in [-0.1, -0.05) is 35.5 Å². The Balaban J connectivity index is 1.16. The molecule has 0 aliphatic carbocycles. The van der Waals surface area contributed by atoms with Crippen LogP contribution in [0.2, 0.25) is 5.02 Å². The van der Waals surface area contributed by atoms with E-state index in [1.807, 2.05) is 24.3 Å². The zero-order valence-electron chi connectivity index (χ0n) is 21.8. The van der Waals surface area contributed by atoms with Crippen molar-refractivity contribution in [1.82, 2.24) is 24.6 Å². The lowest BCUT2D eigenvalue weighted by Gasteiger charge is -2.35. The molecule has 0 saturated carbocycles. The van der Waals surface area contributed by atoms with Crippen LogP contribution in [0, 0.1) is 0 Å². The maximum absolute atomic E-state index is 13.4. The number of rotatable bonds is 7. The van der Waals surface area contributed by atoms with Gasteiger partial charge < -0.3 is 18.6 Å². The first kappa shape index (κ1) is 27.9. The monoisotopic (exact) mass is 614 g/mol. The maximum atomic E-state index is 13.4. The van der Waals surface area contributed by atoms with Crippen molar-refractivity contribution in [1.29, 1.82) is 0 Å². The minimum atomic E-state index is -4.52. The fraction of sp³-hybridized carbons (Fsp3) is 0.214. The summed E-state index contributed by atoms with van der Waals surface area (Å²) < 4.78 is 52.8. The van der Waals surface area contributed by atoms with Gasteiger partial charge in [-0.3, -0.25) is 9.36 Å². The van der Waals surface area contributed by atoms with Crippen LogP contribution >= 0.6 is 23.4 Å². The van der Waals surface area contributed by atoms with Gasteiger partial charge >= 0.3 is 6.18 Å². The van der Waals surface area contributed by atoms with Gasteiger partial charge in [0, 0.05) is 36.9 Å². The lowest BCUT2D eigenvalue weighted by Crippen LogP contribution is -2.48. The molecule has 0 spiro atoms. The van der Waals surface area contributed by atoms with Crippen LogP contribution in [0.25, 0.3) is 17.3 Å². The highest BCUT2D eigenvalue weighted by Crippen LogP contribution is 2.34. The summed E-state index contributed by atoms with van der Waals surface area (Å²) in [6, 6.07) is 15.7. The highest BCUT2D eigenvalue weighted by molar-refractivity contribution is 7.98. The number of alkyl halides is 3. The average molecular weight is 615 g/mol. The normalized spacial score (nSPS) is 14.0. The minimum Gasteiger partial charge on any atom is -0.461 e. The maximum Gasteiger partial charge on any atom is 0.416 e. The van der Waals surface area contributed by atoms with Crippen LogP contribution in [-0.2, 0) is 11.9 Å². The highest BCUT2D eigenvalue weighted by atomic mass is 35.5. The minimum absolute atomic E-state index is 0.158. The summed E-state index contributed by atoms with van der Waals surface area (Å²) in [5, 5.41) is 9.30. The Bertz CT molecular complexity index is 1700. The predicted octanol–water partition coefficient (Wildman–Crippen LogP) is 6.44. The molecule has 0 atom stereocenters. The van der Waals surface area contributed by atoms with Crippen LogP contribution < -0.4 is 4.90 Å². The lowest BCUT2D eigenvalue weighted by atomic mass is 10.2. The molecule has 5 aromatic rings. The molecule has 1 fully saturated rings. The fourth-order valence-electron chi connectivity index (χ4n) is 4.59. The molecule has 9 nitrogen and oxygen atoms in total. The second-order valence-electron chi connectivity index (χ2n) is 9.34. The van der Waals surface area contributed by atoms with Crippen molar-refractivity contribution in [2.45, 2.75) is 17.1 Å². The van der Waals surface area contributed by atoms with E-state index in [0.717, 1.165) is 29.6 Å². The van der Waals surface area contributed by atoms with E-state index in [9.17, 15) is 18.0 Å². The average Bonchev–Trinajstić information content (AvgIpc) is 3.77. The fourth-order valence-corrected chi connectivity index (χ4v) is 5.58. The molecule has 0 radical (unpaired) electrons. The Morgan fingerprint density at radius 3 is 2.48 bits per heavy atom. The summed E-state index contributed by atoms with van der Waals surface area (Å²) in [5.74, 6) is 0.755. The number of hydrogen-bond donors (Lipinski definition) is 0. The molecule has 2 aromatic carbocycles. The molecule has 1 amide bonds. The number of anilines is 1. The summed E-state index contributed by atoms with van der Waals surface area (Å²) >= 11 is 7.27. The van der Waals surface area contributed by atoms with Crippen LogP contribution in [0.3, 0.4) is 0 Å². The molecular formula is C28H22ClF3N6O3S. The van der Waals surface area contributed by atoms with Crippen molar-refractivity contribution < 1.29 is 26.8 Å². The van der Waals surface area contributed by atoms with Crippen molar-refractivity contribution >= 4 is 35.0 Å². The second kappa shape index (κ2) is 11.6. The number of aromatic nitrogens is 4. The third-order valence-electron chi connectivity index (χ3n) is 6.64. The Morgan fingerprint density at radius 2 is 1.74 bits per heavy atom. The molecule has 216 valence electrons. The molecule has 0 bridgehead atoms. The van der Waals surface area contributed by atoms with Gasteiger partial charge in [-0.15, -0.1) is 10.2 Å². The number of furan rings is 1. The first-order chi connectivity index (χ1) is 20.3. The molecule has 6 rings (SSSR count). The van der Waals surface area contributed by atoms with Crippen LogP contribution in [0.15, 0.2) is 87.2 Å². The van der Waals surface area contributed by atoms with Gasteiger partial charge in [-0.05, 0) is 48.5 Å². The lowest BCUT2D eigenvalue weighted by molar-refractivity contribution is -0.137. The number of carbonyl (C=O) groups excluding carboxylic acids is 1. The highest BCUT2D eigenvalue weighted by Gasteiger charge is 2.31. The van der Waals surface area contributed by atoms with Gasteiger partial charge in [0.1, 0.15) is 6.26 Å². The Hall–Kier alpha value is -4.23. The van der Waals surface area contributed by atoms with E-state index in [0.29, 0.717) is 42.1 Å². The molecule has 14 heteroatoms. The molecule has 1 aliphatic heterocycles. The van der Waals surface area contributed by atoms with Crippen molar-refractivity contribution in [3.8, 4) is 17.3 Å². The van der Waals surface area contributed by atoms with Crippen LogP contribution in [-0.4, -0.2) is 56.7 Å². The van der Waals surface area contributed by atoms with Gasteiger partial charge in [0.05, 0.1) is 23.3 Å². The summed E-state index contributed by atoms with van der Waals surface area (Å²) in [6.07, 6.45) is -1.77. The topological polar surface area (TPSA) is 93.4 Å². The number of piperazine rings is 1. The first-order valence-corrected chi connectivity index (χ1v) is 14.2. The number of benzene rings is 2.